The molecule has 16 nitrogen and oxygen atoms in total. The fourth-order valence-electron chi connectivity index (χ4n) is 9.68. The summed E-state index contributed by atoms with van der Waals surface area (Å²) >= 11 is 9.53. The summed E-state index contributed by atoms with van der Waals surface area (Å²) in [5.41, 5.74) is 10.2. The van der Waals surface area contributed by atoms with Gasteiger partial charge in [-0.05, 0) is 74.1 Å². The zero-order valence-electron chi connectivity index (χ0n) is 40.2. The minimum atomic E-state index is -0.830. The molecule has 0 radical (unpaired) electrons. The number of pyridine rings is 1. The summed E-state index contributed by atoms with van der Waals surface area (Å²) in [4.78, 5) is 59.5. The molecule has 7 heterocycles. The number of aromatic nitrogens is 7. The first kappa shape index (κ1) is 48.0. The molecule has 2 aliphatic heterocycles. The molecule has 4 atom stereocenters. The highest BCUT2D eigenvalue weighted by Crippen LogP contribution is 2.40. The monoisotopic (exact) mass is 1010 g/mol. The Labute approximate surface area is 424 Å². The van der Waals surface area contributed by atoms with Gasteiger partial charge in [-0.1, -0.05) is 61.8 Å². The Morgan fingerprint density at radius 1 is 0.930 bits per heavy atom. The minimum Gasteiger partial charge on any atom is -0.474 e. The molecule has 3 aliphatic rings. The van der Waals surface area contributed by atoms with Crippen LogP contribution < -0.4 is 15.4 Å². The first-order valence-electron chi connectivity index (χ1n) is 23.8. The molecule has 19 heteroatoms. The molecule has 3 amide bonds. The predicted octanol–water partition coefficient (Wildman–Crippen LogP) is 8.08. The highest BCUT2D eigenvalue weighted by molar-refractivity contribution is 7.15. The lowest BCUT2D eigenvalue weighted by atomic mass is 9.89. The standard InChI is InChI=1S/C52H54ClN11O5S2/c1-27(2)47(51(68)62-25-39(65)20-42(62)50(67)55-22-32-7-9-34(10-8-32)48-29(4)56-26-70-48)63-24-36(23-57-63)35-15-16-54-44(17-35)69-40-18-38(19-40)58-43(66)21-41-49-61-60-31(6)64(49)52-45(28(3)30(5)71-52)46(59-41)33-11-13-37(53)14-12-33/h7-17,23-24,26-27,38-42,47,65H,18-22,25H2,1-6H3,(H,55,67)(H,58,66)/t38-,39-,40-,41+,42+,47+/m1/s1. The SMILES string of the molecule is Cc1ncsc1-c1ccc(CNC(=O)[C@@H]2C[C@@H](O)CN2C(=O)[C@H](C(C)C)n2cc(-c3ccnc(O[C@H]4C[C@H](NC(=O)C[C@@H]5N=C(c6ccc(Cl)cc6)c6c(sc(C)c6C)-n6c(C)nnc65)C4)c3)cn2)cc1. The molecule has 0 spiro atoms. The number of amides is 3. The van der Waals surface area contributed by atoms with E-state index in [2.05, 4.69) is 49.7 Å². The number of nitrogens with zero attached hydrogens (tertiary/aromatic N) is 9. The quantitative estimate of drug-likeness (QED) is 0.0959. The zero-order chi connectivity index (χ0) is 49.7. The van der Waals surface area contributed by atoms with Gasteiger partial charge in [0, 0.05) is 83.4 Å². The van der Waals surface area contributed by atoms with Crippen LogP contribution in [0.15, 0.2) is 89.8 Å². The van der Waals surface area contributed by atoms with Crippen molar-refractivity contribution in [1.82, 2.24) is 50.0 Å². The molecule has 1 saturated heterocycles. The second-order valence-corrected chi connectivity index (χ2v) is 21.4. The van der Waals surface area contributed by atoms with Gasteiger partial charge in [0.05, 0.1) is 40.5 Å². The van der Waals surface area contributed by atoms with Gasteiger partial charge in [-0.2, -0.15) is 5.10 Å². The average molecular weight is 1010 g/mol. The molecule has 366 valence electrons. The number of ether oxygens (including phenoxy) is 1. The normalized spacial score (nSPS) is 19.9. The third-order valence-corrected chi connectivity index (χ3v) is 16.0. The Morgan fingerprint density at radius 3 is 2.42 bits per heavy atom. The first-order valence-corrected chi connectivity index (χ1v) is 25.8. The Morgan fingerprint density at radius 2 is 1.69 bits per heavy atom. The fourth-order valence-corrected chi connectivity index (χ4v) is 11.8. The molecule has 7 aromatic rings. The second kappa shape index (κ2) is 19.9. The van der Waals surface area contributed by atoms with E-state index >= 15 is 0 Å². The number of thiophene rings is 1. The fraction of sp³-hybridized carbons (Fsp3) is 0.365. The summed E-state index contributed by atoms with van der Waals surface area (Å²) in [5.74, 6) is 0.863. The van der Waals surface area contributed by atoms with E-state index in [1.54, 1.807) is 39.7 Å². The topological polar surface area (TPSA) is 195 Å². The van der Waals surface area contributed by atoms with Crippen LogP contribution in [0.4, 0.5) is 0 Å². The molecular weight excluding hydrogens is 958 g/mol. The van der Waals surface area contributed by atoms with Crippen LogP contribution >= 0.6 is 34.3 Å². The van der Waals surface area contributed by atoms with E-state index in [-0.39, 0.29) is 61.7 Å². The average Bonchev–Trinajstić information content (AvgIpc) is 4.19. The van der Waals surface area contributed by atoms with Crippen LogP contribution in [-0.4, -0.2) is 98.8 Å². The number of carbonyl (C=O) groups is 3. The lowest BCUT2D eigenvalue weighted by Crippen LogP contribution is -2.49. The van der Waals surface area contributed by atoms with Crippen molar-refractivity contribution in [2.75, 3.05) is 6.54 Å². The Kier molecular flexibility index (Phi) is 13.5. The van der Waals surface area contributed by atoms with Crippen molar-refractivity contribution in [1.29, 1.82) is 0 Å². The van der Waals surface area contributed by atoms with Crippen LogP contribution in [0.5, 0.6) is 5.88 Å². The van der Waals surface area contributed by atoms with Crippen LogP contribution in [0.1, 0.15) is 96.1 Å². The Hall–Kier alpha value is -6.60. The van der Waals surface area contributed by atoms with E-state index in [4.69, 9.17) is 21.3 Å². The van der Waals surface area contributed by atoms with Crippen LogP contribution in [0.25, 0.3) is 26.6 Å². The zero-order valence-corrected chi connectivity index (χ0v) is 42.6. The van der Waals surface area contributed by atoms with E-state index in [0.717, 1.165) is 66.1 Å². The summed E-state index contributed by atoms with van der Waals surface area (Å²) < 4.78 is 9.99. The number of benzene rings is 2. The molecule has 71 heavy (non-hydrogen) atoms. The maximum absolute atomic E-state index is 14.3. The number of fused-ring (bicyclic) bond motifs is 3. The van der Waals surface area contributed by atoms with E-state index in [1.165, 1.54) is 9.78 Å². The van der Waals surface area contributed by atoms with Gasteiger partial charge in [-0.15, -0.1) is 32.9 Å². The van der Waals surface area contributed by atoms with Crippen LogP contribution in [0.2, 0.25) is 5.02 Å². The van der Waals surface area contributed by atoms with Crippen molar-refractivity contribution < 1.29 is 24.2 Å². The van der Waals surface area contributed by atoms with Gasteiger partial charge >= 0.3 is 0 Å². The van der Waals surface area contributed by atoms with Gasteiger partial charge in [0.1, 0.15) is 35.1 Å². The van der Waals surface area contributed by atoms with Crippen LogP contribution in [0, 0.1) is 33.6 Å². The van der Waals surface area contributed by atoms with Gasteiger partial charge in [0.25, 0.3) is 0 Å². The van der Waals surface area contributed by atoms with Crippen molar-refractivity contribution in [3.05, 3.63) is 134 Å². The van der Waals surface area contributed by atoms with Gasteiger partial charge in [-0.3, -0.25) is 28.6 Å². The van der Waals surface area contributed by atoms with E-state index in [0.29, 0.717) is 29.6 Å². The lowest BCUT2D eigenvalue weighted by molar-refractivity contribution is -0.142. The van der Waals surface area contributed by atoms with Crippen molar-refractivity contribution in [3.8, 4) is 32.4 Å². The van der Waals surface area contributed by atoms with E-state index in [9.17, 15) is 19.5 Å². The highest BCUT2D eigenvalue weighted by atomic mass is 35.5. The summed E-state index contributed by atoms with van der Waals surface area (Å²) in [7, 11) is 0. The van der Waals surface area contributed by atoms with Gasteiger partial charge in [0.15, 0.2) is 5.82 Å². The molecule has 0 unspecified atom stereocenters. The third kappa shape index (κ3) is 9.77. The number of aliphatic imine (C=N–C) groups is 1. The molecule has 10 rings (SSSR count). The summed E-state index contributed by atoms with van der Waals surface area (Å²) in [6.45, 7) is 12.3. The number of thiazole rings is 1. The van der Waals surface area contributed by atoms with Gasteiger partial charge in [-0.25, -0.2) is 9.97 Å². The van der Waals surface area contributed by atoms with Crippen molar-refractivity contribution in [2.24, 2.45) is 10.9 Å². The number of hydrogen-bond donors (Lipinski definition) is 3. The molecule has 5 aromatic heterocycles. The van der Waals surface area contributed by atoms with Gasteiger partial charge in [0.2, 0.25) is 23.6 Å². The number of rotatable bonds is 14. The number of aryl methyl sites for hydroxylation is 3. The third-order valence-electron chi connectivity index (χ3n) is 13.6. The smallest absolute Gasteiger partial charge is 0.248 e. The van der Waals surface area contributed by atoms with Gasteiger partial charge < -0.3 is 25.4 Å². The second-order valence-electron chi connectivity index (χ2n) is 18.9. The van der Waals surface area contributed by atoms with Crippen molar-refractivity contribution in [2.45, 2.75) is 110 Å². The van der Waals surface area contributed by atoms with Crippen molar-refractivity contribution >= 4 is 57.7 Å². The molecule has 3 N–H and O–H groups in total. The molecule has 1 aliphatic carbocycles. The number of carbonyl (C=O) groups excluding carboxylic acids is 3. The number of aliphatic hydroxyl groups is 1. The molecule has 2 aromatic carbocycles. The number of nitrogens with one attached hydrogen (secondary N) is 2. The number of halogens is 1. The van der Waals surface area contributed by atoms with Crippen molar-refractivity contribution in [3.63, 3.8) is 0 Å². The number of hydrogen-bond acceptors (Lipinski definition) is 13. The van der Waals surface area contributed by atoms with Crippen LogP contribution in [0.3, 0.4) is 0 Å². The Balaban J connectivity index is 0.757. The number of likely N-dealkylation sites (tertiary alicyclic amines) is 1. The number of aliphatic hydroxyl groups excluding tert-OH is 1. The maximum Gasteiger partial charge on any atom is 0.248 e. The van der Waals surface area contributed by atoms with E-state index in [1.807, 2.05) is 105 Å². The summed E-state index contributed by atoms with van der Waals surface area (Å²) in [6, 6.07) is 17.1. The molecule has 1 saturated carbocycles. The Bertz CT molecular complexity index is 3150. The largest absolute Gasteiger partial charge is 0.474 e. The first-order chi connectivity index (χ1) is 34.2. The lowest BCUT2D eigenvalue weighted by Gasteiger charge is -2.35. The molecule has 0 bridgehead atoms. The summed E-state index contributed by atoms with van der Waals surface area (Å²) in [5, 5.41) is 32.1. The minimum absolute atomic E-state index is 0.0503. The number of β-amino-alcohol motifs (C(OH)–C–C–N with tert-alkyl or cyclic N) is 1. The molecular formula is C52H54ClN11O5S2. The van der Waals surface area contributed by atoms with Crippen LogP contribution in [-0.2, 0) is 20.9 Å². The van der Waals surface area contributed by atoms with E-state index < -0.39 is 24.2 Å². The summed E-state index contributed by atoms with van der Waals surface area (Å²) in [6.07, 6.45) is 5.64. The molecule has 2 fully saturated rings. The maximum atomic E-state index is 14.3. The highest BCUT2D eigenvalue weighted by Gasteiger charge is 2.43. The predicted molar refractivity (Wildman–Crippen MR) is 273 cm³/mol.